The van der Waals surface area contributed by atoms with Gasteiger partial charge in [0.1, 0.15) is 11.6 Å². The van der Waals surface area contributed by atoms with Gasteiger partial charge in [0.2, 0.25) is 0 Å². The molecule has 0 spiro atoms. The normalized spacial score (nSPS) is 11.7. The van der Waals surface area contributed by atoms with Crippen molar-refractivity contribution in [2.75, 3.05) is 5.32 Å². The number of nitrogens with zero attached hydrogens (tertiary/aromatic N) is 1. The zero-order chi connectivity index (χ0) is 23.3. The maximum atomic E-state index is 12.9. The van der Waals surface area contributed by atoms with Crippen molar-refractivity contribution in [3.05, 3.63) is 104 Å². The van der Waals surface area contributed by atoms with Crippen LogP contribution in [0, 0.1) is 11.3 Å². The van der Waals surface area contributed by atoms with Crippen molar-refractivity contribution in [2.24, 2.45) is 0 Å². The number of hydrogen-bond acceptors (Lipinski definition) is 2. The Balaban J connectivity index is 1.91. The van der Waals surface area contributed by atoms with Crippen LogP contribution in [0.2, 0.25) is 0 Å². The van der Waals surface area contributed by atoms with E-state index in [1.165, 1.54) is 18.2 Å². The summed E-state index contributed by atoms with van der Waals surface area (Å²) in [6.07, 6.45) is -2.56. The lowest BCUT2D eigenvalue weighted by Crippen LogP contribution is -2.14. The van der Waals surface area contributed by atoms with Gasteiger partial charge in [-0.15, -0.1) is 0 Å². The van der Waals surface area contributed by atoms with Crippen molar-refractivity contribution in [2.45, 2.75) is 12.6 Å². The molecule has 0 heterocycles. The number of rotatable bonds is 5. The van der Waals surface area contributed by atoms with E-state index in [9.17, 15) is 23.2 Å². The molecule has 162 valence electrons. The first-order chi connectivity index (χ1) is 15.2. The van der Waals surface area contributed by atoms with Gasteiger partial charge in [-0.05, 0) is 65.6 Å². The number of nitrogens with one attached hydrogen (secondary N) is 1. The quantitative estimate of drug-likeness (QED) is 0.260. The minimum absolute atomic E-state index is 0.0475. The number of anilines is 1. The molecule has 0 radical (unpaired) electrons. The highest BCUT2D eigenvalue weighted by Gasteiger charge is 2.30. The van der Waals surface area contributed by atoms with Crippen molar-refractivity contribution in [1.29, 1.82) is 5.26 Å². The minimum atomic E-state index is -4.54. The largest absolute Gasteiger partial charge is 0.416 e. The van der Waals surface area contributed by atoms with Gasteiger partial charge in [-0.2, -0.15) is 18.4 Å². The predicted octanol–water partition coefficient (Wildman–Crippen LogP) is 7.37. The van der Waals surface area contributed by atoms with Gasteiger partial charge < -0.3 is 5.32 Å². The van der Waals surface area contributed by atoms with Crippen molar-refractivity contribution in [3.63, 3.8) is 0 Å². The third-order valence-corrected chi connectivity index (χ3v) is 5.83. The molecule has 0 aromatic heterocycles. The number of nitriles is 1. The molecular formula is C24H15Br2F3N2O. The van der Waals surface area contributed by atoms with Gasteiger partial charge in [0.15, 0.2) is 0 Å². The highest BCUT2D eigenvalue weighted by atomic mass is 79.9. The lowest BCUT2D eigenvalue weighted by atomic mass is 9.98. The van der Waals surface area contributed by atoms with Crippen LogP contribution in [-0.2, 0) is 17.4 Å². The number of benzene rings is 3. The molecule has 32 heavy (non-hydrogen) atoms. The predicted molar refractivity (Wildman–Crippen MR) is 125 cm³/mol. The molecule has 3 nitrogen and oxygen atoms in total. The fourth-order valence-electron chi connectivity index (χ4n) is 2.98. The fourth-order valence-corrected chi connectivity index (χ4v) is 3.79. The first-order valence-electron chi connectivity index (χ1n) is 9.29. The second-order valence-electron chi connectivity index (χ2n) is 6.81. The van der Waals surface area contributed by atoms with Gasteiger partial charge >= 0.3 is 6.18 Å². The number of alkyl halides is 3. The van der Waals surface area contributed by atoms with E-state index in [1.807, 2.05) is 42.5 Å². The summed E-state index contributed by atoms with van der Waals surface area (Å²) in [5.74, 6) is -0.793. The second kappa shape index (κ2) is 10.2. The minimum Gasteiger partial charge on any atom is -0.321 e. The van der Waals surface area contributed by atoms with Gasteiger partial charge in [0.05, 0.1) is 5.56 Å². The van der Waals surface area contributed by atoms with E-state index in [-0.39, 0.29) is 11.3 Å². The van der Waals surface area contributed by atoms with Crippen LogP contribution in [0.5, 0.6) is 0 Å². The number of halogens is 5. The van der Waals surface area contributed by atoms with E-state index in [1.54, 1.807) is 6.07 Å². The first kappa shape index (κ1) is 23.8. The van der Waals surface area contributed by atoms with E-state index in [0.717, 1.165) is 32.2 Å². The first-order valence-corrected chi connectivity index (χ1v) is 10.9. The van der Waals surface area contributed by atoms with E-state index < -0.39 is 17.6 Å². The standard InChI is InChI=1S/C24H15Br2F3N2O/c25-20-9-8-15(10-16-4-1-2-7-22(16)26)17(12-20)11-18(14-30)23(32)31-21-6-3-5-19(13-21)24(27,28)29/h1-9,11-13H,10H2,(H,31,32)/b18-11+. The molecule has 0 aliphatic carbocycles. The van der Waals surface area contributed by atoms with Crippen LogP contribution in [-0.4, -0.2) is 5.91 Å². The Morgan fingerprint density at radius 2 is 1.75 bits per heavy atom. The molecule has 3 aromatic rings. The maximum Gasteiger partial charge on any atom is 0.416 e. The van der Waals surface area contributed by atoms with E-state index >= 15 is 0 Å². The molecule has 0 aliphatic heterocycles. The van der Waals surface area contributed by atoms with Crippen LogP contribution >= 0.6 is 31.9 Å². The highest BCUT2D eigenvalue weighted by Crippen LogP contribution is 2.31. The Labute approximate surface area is 199 Å². The van der Waals surface area contributed by atoms with Crippen LogP contribution in [0.25, 0.3) is 6.08 Å². The van der Waals surface area contributed by atoms with Crippen molar-refractivity contribution in [1.82, 2.24) is 0 Å². The highest BCUT2D eigenvalue weighted by molar-refractivity contribution is 9.10. The van der Waals surface area contributed by atoms with Crippen LogP contribution < -0.4 is 5.32 Å². The summed E-state index contributed by atoms with van der Waals surface area (Å²) >= 11 is 6.91. The molecule has 3 rings (SSSR count). The van der Waals surface area contributed by atoms with Crippen LogP contribution in [0.1, 0.15) is 22.3 Å². The molecule has 0 saturated heterocycles. The SMILES string of the molecule is N#C/C(=C\c1cc(Br)ccc1Cc1ccccc1Br)C(=O)Nc1cccc(C(F)(F)F)c1. The molecule has 0 unspecified atom stereocenters. The molecule has 0 bridgehead atoms. The van der Waals surface area contributed by atoms with E-state index in [4.69, 9.17) is 0 Å². The zero-order valence-corrected chi connectivity index (χ0v) is 19.6. The molecule has 0 atom stereocenters. The number of amides is 1. The molecule has 3 aromatic carbocycles. The Morgan fingerprint density at radius 3 is 2.44 bits per heavy atom. The fraction of sp³-hybridized carbons (Fsp3) is 0.0833. The molecule has 0 saturated carbocycles. The van der Waals surface area contributed by atoms with Crippen molar-refractivity contribution in [3.8, 4) is 6.07 Å². The monoisotopic (exact) mass is 562 g/mol. The maximum absolute atomic E-state index is 12.9. The molecule has 0 aliphatic rings. The van der Waals surface area contributed by atoms with Crippen molar-refractivity contribution < 1.29 is 18.0 Å². The molecule has 8 heteroatoms. The molecular weight excluding hydrogens is 549 g/mol. The third kappa shape index (κ3) is 6.09. The van der Waals surface area contributed by atoms with E-state index in [2.05, 4.69) is 37.2 Å². The van der Waals surface area contributed by atoms with E-state index in [0.29, 0.717) is 12.0 Å². The molecule has 1 N–H and O–H groups in total. The molecule has 1 amide bonds. The summed E-state index contributed by atoms with van der Waals surface area (Å²) in [4.78, 5) is 12.6. The Hall–Kier alpha value is -2.89. The van der Waals surface area contributed by atoms with Gasteiger partial charge in [-0.3, -0.25) is 4.79 Å². The topological polar surface area (TPSA) is 52.9 Å². The third-order valence-electron chi connectivity index (χ3n) is 4.56. The van der Waals surface area contributed by atoms with Gasteiger partial charge in [0, 0.05) is 14.6 Å². The lowest BCUT2D eigenvalue weighted by molar-refractivity contribution is -0.137. The summed E-state index contributed by atoms with van der Waals surface area (Å²) in [5.41, 5.74) is 1.38. The average Bonchev–Trinajstić information content (AvgIpc) is 2.74. The molecule has 0 fully saturated rings. The Kier molecular flexibility index (Phi) is 7.54. The van der Waals surface area contributed by atoms with Gasteiger partial charge in [-0.1, -0.05) is 62.2 Å². The van der Waals surface area contributed by atoms with Crippen LogP contribution in [0.3, 0.4) is 0 Å². The summed E-state index contributed by atoms with van der Waals surface area (Å²) in [7, 11) is 0. The number of carbonyl (C=O) groups excluding carboxylic acids is 1. The Bertz CT molecular complexity index is 1230. The van der Waals surface area contributed by atoms with Gasteiger partial charge in [-0.25, -0.2) is 0 Å². The summed E-state index contributed by atoms with van der Waals surface area (Å²) < 4.78 is 40.5. The van der Waals surface area contributed by atoms with Crippen molar-refractivity contribution >= 4 is 49.5 Å². The Morgan fingerprint density at radius 1 is 1.00 bits per heavy atom. The van der Waals surface area contributed by atoms with Gasteiger partial charge in [0.25, 0.3) is 5.91 Å². The summed E-state index contributed by atoms with van der Waals surface area (Å²) in [5, 5.41) is 11.9. The average molecular weight is 564 g/mol. The second-order valence-corrected chi connectivity index (χ2v) is 8.58. The number of hydrogen-bond donors (Lipinski definition) is 1. The lowest BCUT2D eigenvalue weighted by Gasteiger charge is -2.11. The summed E-state index contributed by atoms with van der Waals surface area (Å²) in [6.45, 7) is 0. The zero-order valence-electron chi connectivity index (χ0n) is 16.4. The summed E-state index contributed by atoms with van der Waals surface area (Å²) in [6, 6.07) is 19.3. The smallest absolute Gasteiger partial charge is 0.321 e. The van der Waals surface area contributed by atoms with Crippen LogP contribution in [0.4, 0.5) is 18.9 Å². The van der Waals surface area contributed by atoms with Crippen LogP contribution in [0.15, 0.2) is 81.2 Å². The number of carbonyl (C=O) groups is 1.